The number of hydrogen-bond donors (Lipinski definition) is 1. The van der Waals surface area contributed by atoms with Crippen molar-refractivity contribution in [3.8, 4) is 5.75 Å². The van der Waals surface area contributed by atoms with Crippen molar-refractivity contribution in [2.45, 2.75) is 19.3 Å². The third kappa shape index (κ3) is 2.64. The molecule has 0 saturated heterocycles. The maximum Gasteiger partial charge on any atom is 0.137 e. The van der Waals surface area contributed by atoms with E-state index in [9.17, 15) is 0 Å². The molecule has 1 aliphatic carbocycles. The summed E-state index contributed by atoms with van der Waals surface area (Å²) in [6, 6.07) is 7.59. The molecule has 3 heteroatoms. The van der Waals surface area contributed by atoms with E-state index in [0.717, 1.165) is 25.3 Å². The van der Waals surface area contributed by atoms with Gasteiger partial charge >= 0.3 is 0 Å². The fourth-order valence-corrected chi connectivity index (χ4v) is 1.93. The molecule has 0 radical (unpaired) electrons. The van der Waals surface area contributed by atoms with Crippen molar-refractivity contribution in [2.75, 3.05) is 13.2 Å². The number of hydrogen-bond acceptors (Lipinski definition) is 2. The van der Waals surface area contributed by atoms with Crippen LogP contribution in [-0.2, 0) is 0 Å². The Hall–Kier alpha value is -0.730. The van der Waals surface area contributed by atoms with Crippen LogP contribution < -0.4 is 10.5 Å². The molecule has 1 aliphatic rings. The fourth-order valence-electron chi connectivity index (χ4n) is 1.74. The molecule has 1 aromatic carbocycles. The summed E-state index contributed by atoms with van der Waals surface area (Å²) in [5, 5.41) is 0.682. The van der Waals surface area contributed by atoms with E-state index in [1.807, 2.05) is 24.3 Å². The normalized spacial score (nSPS) is 17.5. The van der Waals surface area contributed by atoms with Gasteiger partial charge in [-0.25, -0.2) is 0 Å². The van der Waals surface area contributed by atoms with E-state index in [1.54, 1.807) is 0 Å². The standard InChI is InChI=1S/C12H16ClNO/c13-10-3-1-2-4-11(10)15-9-12(5-6-12)7-8-14/h1-4H,5-9,14H2. The second-order valence-corrected chi connectivity index (χ2v) is 4.66. The predicted octanol–water partition coefficient (Wildman–Crippen LogP) is 2.85. The zero-order chi connectivity index (χ0) is 10.7. The lowest BCUT2D eigenvalue weighted by atomic mass is 10.0. The van der Waals surface area contributed by atoms with Gasteiger partial charge in [-0.15, -0.1) is 0 Å². The second-order valence-electron chi connectivity index (χ2n) is 4.26. The van der Waals surface area contributed by atoms with Crippen LogP contribution in [0.4, 0.5) is 0 Å². The van der Waals surface area contributed by atoms with Crippen LogP contribution in [0.25, 0.3) is 0 Å². The average Bonchev–Trinajstić information content (AvgIpc) is 2.98. The highest BCUT2D eigenvalue weighted by Gasteiger charge is 2.42. The van der Waals surface area contributed by atoms with Crippen molar-refractivity contribution in [1.29, 1.82) is 0 Å². The Kier molecular flexibility index (Phi) is 3.17. The van der Waals surface area contributed by atoms with Crippen LogP contribution in [-0.4, -0.2) is 13.2 Å². The first-order valence-corrected chi connectivity index (χ1v) is 5.71. The first-order chi connectivity index (χ1) is 7.26. The molecule has 1 saturated carbocycles. The van der Waals surface area contributed by atoms with E-state index in [2.05, 4.69) is 0 Å². The summed E-state index contributed by atoms with van der Waals surface area (Å²) in [7, 11) is 0. The molecule has 2 rings (SSSR count). The highest BCUT2D eigenvalue weighted by molar-refractivity contribution is 6.32. The second kappa shape index (κ2) is 4.42. The molecule has 2 nitrogen and oxygen atoms in total. The topological polar surface area (TPSA) is 35.2 Å². The third-order valence-corrected chi connectivity index (χ3v) is 3.31. The van der Waals surface area contributed by atoms with Gasteiger partial charge in [0.05, 0.1) is 11.6 Å². The first kappa shape index (κ1) is 10.8. The maximum atomic E-state index is 6.00. The molecule has 2 N–H and O–H groups in total. The monoisotopic (exact) mass is 225 g/mol. The lowest BCUT2D eigenvalue weighted by Crippen LogP contribution is -2.17. The van der Waals surface area contributed by atoms with Crippen LogP contribution in [0.5, 0.6) is 5.75 Å². The minimum atomic E-state index is 0.341. The van der Waals surface area contributed by atoms with E-state index in [0.29, 0.717) is 10.4 Å². The van der Waals surface area contributed by atoms with Crippen LogP contribution in [0.2, 0.25) is 5.02 Å². The highest BCUT2D eigenvalue weighted by Crippen LogP contribution is 2.48. The third-order valence-electron chi connectivity index (χ3n) is 3.00. The van der Waals surface area contributed by atoms with Crippen molar-refractivity contribution in [2.24, 2.45) is 11.1 Å². The van der Waals surface area contributed by atoms with Crippen molar-refractivity contribution in [1.82, 2.24) is 0 Å². The smallest absolute Gasteiger partial charge is 0.137 e. The number of ether oxygens (including phenoxy) is 1. The number of nitrogens with two attached hydrogens (primary N) is 1. The van der Waals surface area contributed by atoms with Crippen molar-refractivity contribution in [3.05, 3.63) is 29.3 Å². The summed E-state index contributed by atoms with van der Waals surface area (Å²) in [5.41, 5.74) is 5.91. The number of benzene rings is 1. The van der Waals surface area contributed by atoms with Gasteiger partial charge in [0.1, 0.15) is 5.75 Å². The molecule has 0 unspecified atom stereocenters. The summed E-state index contributed by atoms with van der Waals surface area (Å²) in [5.74, 6) is 0.780. The van der Waals surface area contributed by atoms with Gasteiger partial charge in [-0.3, -0.25) is 0 Å². The fraction of sp³-hybridized carbons (Fsp3) is 0.500. The Morgan fingerprint density at radius 1 is 1.33 bits per heavy atom. The number of para-hydroxylation sites is 1. The summed E-state index contributed by atoms with van der Waals surface area (Å²) < 4.78 is 5.73. The van der Waals surface area contributed by atoms with Crippen molar-refractivity contribution < 1.29 is 4.74 Å². The maximum absolute atomic E-state index is 6.00. The van der Waals surface area contributed by atoms with E-state index in [4.69, 9.17) is 22.1 Å². The van der Waals surface area contributed by atoms with Gasteiger partial charge < -0.3 is 10.5 Å². The van der Waals surface area contributed by atoms with E-state index >= 15 is 0 Å². The van der Waals surface area contributed by atoms with Crippen LogP contribution >= 0.6 is 11.6 Å². The van der Waals surface area contributed by atoms with Gasteiger partial charge in [0.15, 0.2) is 0 Å². The minimum absolute atomic E-state index is 0.341. The Labute approximate surface area is 95.4 Å². The average molecular weight is 226 g/mol. The van der Waals surface area contributed by atoms with Crippen LogP contribution in [0.1, 0.15) is 19.3 Å². The minimum Gasteiger partial charge on any atom is -0.491 e. The van der Waals surface area contributed by atoms with Gasteiger partial charge in [-0.1, -0.05) is 23.7 Å². The zero-order valence-electron chi connectivity index (χ0n) is 8.71. The summed E-state index contributed by atoms with van der Waals surface area (Å²) >= 11 is 6.00. The first-order valence-electron chi connectivity index (χ1n) is 5.33. The van der Waals surface area contributed by atoms with Crippen LogP contribution in [0.15, 0.2) is 24.3 Å². The molecule has 0 aromatic heterocycles. The quantitative estimate of drug-likeness (QED) is 0.837. The summed E-state index contributed by atoms with van der Waals surface area (Å²) in [4.78, 5) is 0. The van der Waals surface area contributed by atoms with E-state index in [-0.39, 0.29) is 0 Å². The molecule has 0 spiro atoms. The van der Waals surface area contributed by atoms with Gasteiger partial charge in [0.2, 0.25) is 0 Å². The van der Waals surface area contributed by atoms with Crippen LogP contribution in [0.3, 0.4) is 0 Å². The molecule has 15 heavy (non-hydrogen) atoms. The number of rotatable bonds is 5. The molecule has 0 bridgehead atoms. The molecule has 0 amide bonds. The lowest BCUT2D eigenvalue weighted by Gasteiger charge is -2.15. The summed E-state index contributed by atoms with van der Waals surface area (Å²) in [6.45, 7) is 1.49. The number of halogens is 1. The molecule has 82 valence electrons. The molecule has 1 aromatic rings. The van der Waals surface area contributed by atoms with Crippen LogP contribution in [0, 0.1) is 5.41 Å². The highest BCUT2D eigenvalue weighted by atomic mass is 35.5. The lowest BCUT2D eigenvalue weighted by molar-refractivity contribution is 0.227. The largest absolute Gasteiger partial charge is 0.491 e. The van der Waals surface area contributed by atoms with Crippen molar-refractivity contribution >= 4 is 11.6 Å². The predicted molar refractivity (Wildman–Crippen MR) is 62.3 cm³/mol. The Morgan fingerprint density at radius 2 is 2.07 bits per heavy atom. The molecular formula is C12H16ClNO. The molecule has 0 heterocycles. The van der Waals surface area contributed by atoms with Crippen molar-refractivity contribution in [3.63, 3.8) is 0 Å². The Balaban J connectivity index is 1.91. The Bertz CT molecular complexity index is 336. The molecular weight excluding hydrogens is 210 g/mol. The van der Waals surface area contributed by atoms with E-state index < -0.39 is 0 Å². The van der Waals surface area contributed by atoms with Gasteiger partial charge in [-0.05, 0) is 37.9 Å². The SMILES string of the molecule is NCCC1(COc2ccccc2Cl)CC1. The molecule has 0 aliphatic heterocycles. The molecule has 1 fully saturated rings. The van der Waals surface area contributed by atoms with E-state index in [1.165, 1.54) is 12.8 Å². The Morgan fingerprint density at radius 3 is 2.67 bits per heavy atom. The summed E-state index contributed by atoms with van der Waals surface area (Å²) in [6.07, 6.45) is 3.51. The molecule has 0 atom stereocenters. The van der Waals surface area contributed by atoms with Gasteiger partial charge in [0.25, 0.3) is 0 Å². The zero-order valence-corrected chi connectivity index (χ0v) is 9.46. The van der Waals surface area contributed by atoms with Gasteiger partial charge in [0, 0.05) is 5.41 Å². The van der Waals surface area contributed by atoms with Gasteiger partial charge in [-0.2, -0.15) is 0 Å².